The lowest BCUT2D eigenvalue weighted by Gasteiger charge is -2.10. The van der Waals surface area contributed by atoms with Crippen molar-refractivity contribution in [2.45, 2.75) is 25.3 Å². The smallest absolute Gasteiger partial charge is 0.372 e. The summed E-state index contributed by atoms with van der Waals surface area (Å²) >= 11 is 1.32. The first-order chi connectivity index (χ1) is 9.56. The van der Waals surface area contributed by atoms with Crippen molar-refractivity contribution in [3.8, 4) is 0 Å². The summed E-state index contributed by atoms with van der Waals surface area (Å²) in [6, 6.07) is -0.0839. The lowest BCUT2D eigenvalue weighted by molar-refractivity contribution is -0.389. The number of hydrogen-bond acceptors (Lipinski definition) is 6. The largest absolute Gasteiger partial charge is 0.481 e. The summed E-state index contributed by atoms with van der Waals surface area (Å²) in [4.78, 5) is 26.4. The third-order valence-corrected chi connectivity index (χ3v) is 4.29. The lowest BCUT2D eigenvalue weighted by atomic mass is 10.1. The van der Waals surface area contributed by atoms with Crippen molar-refractivity contribution in [2.24, 2.45) is 5.92 Å². The van der Waals surface area contributed by atoms with Gasteiger partial charge in [-0.05, 0) is 24.2 Å². The van der Waals surface area contributed by atoms with Gasteiger partial charge in [-0.25, -0.2) is 0 Å². The molecule has 2 heterocycles. The highest BCUT2D eigenvalue weighted by Crippen LogP contribution is 2.33. The molecule has 8 nitrogen and oxygen atoms in total. The van der Waals surface area contributed by atoms with Crippen LogP contribution in [0.4, 0.5) is 11.6 Å². The molecule has 1 aliphatic rings. The van der Waals surface area contributed by atoms with Crippen molar-refractivity contribution < 1.29 is 14.8 Å². The Morgan fingerprint density at radius 3 is 3.05 bits per heavy atom. The van der Waals surface area contributed by atoms with E-state index in [0.717, 1.165) is 0 Å². The van der Waals surface area contributed by atoms with E-state index in [1.165, 1.54) is 15.7 Å². The first kappa shape index (κ1) is 12.9. The molecular formula is C11H12N4O4S. The minimum absolute atomic E-state index is 0.0839. The quantitative estimate of drug-likeness (QED) is 0.659. The van der Waals surface area contributed by atoms with Crippen LogP contribution in [0.3, 0.4) is 0 Å². The van der Waals surface area contributed by atoms with E-state index in [2.05, 4.69) is 10.3 Å². The molecule has 0 aromatic carbocycles. The Labute approximate surface area is 117 Å². The number of anilines is 1. The van der Waals surface area contributed by atoms with Crippen molar-refractivity contribution in [1.29, 1.82) is 0 Å². The standard InChI is InChI=1S/C11H12N4O4S/c16-10(17)6-1-2-7(5-6)12-8-9(15(18)19)14-3-4-20-11(14)13-8/h3-4,6-7,12H,1-2,5H2,(H,16,17). The van der Waals surface area contributed by atoms with Crippen LogP contribution >= 0.6 is 11.3 Å². The molecule has 2 aromatic heterocycles. The lowest BCUT2D eigenvalue weighted by Crippen LogP contribution is -2.18. The monoisotopic (exact) mass is 296 g/mol. The van der Waals surface area contributed by atoms with E-state index in [-0.39, 0.29) is 23.6 Å². The zero-order chi connectivity index (χ0) is 14.3. The summed E-state index contributed by atoms with van der Waals surface area (Å²) in [5, 5.41) is 24.9. The van der Waals surface area contributed by atoms with Crippen LogP contribution in [0, 0.1) is 16.0 Å². The molecule has 1 fully saturated rings. The summed E-state index contributed by atoms with van der Waals surface area (Å²) in [7, 11) is 0. The maximum atomic E-state index is 11.2. The number of carboxylic acids is 1. The molecule has 0 aliphatic heterocycles. The number of nitrogens with one attached hydrogen (secondary N) is 1. The molecule has 2 unspecified atom stereocenters. The molecular weight excluding hydrogens is 284 g/mol. The Morgan fingerprint density at radius 1 is 1.60 bits per heavy atom. The van der Waals surface area contributed by atoms with Gasteiger partial charge in [-0.1, -0.05) is 11.3 Å². The number of nitrogens with zero attached hydrogens (tertiary/aromatic N) is 3. The molecule has 1 aliphatic carbocycles. The molecule has 2 aromatic rings. The van der Waals surface area contributed by atoms with E-state index >= 15 is 0 Å². The van der Waals surface area contributed by atoms with Crippen LogP contribution in [0.25, 0.3) is 4.96 Å². The number of fused-ring (bicyclic) bond motifs is 1. The summed E-state index contributed by atoms with van der Waals surface area (Å²) in [6.45, 7) is 0. The minimum atomic E-state index is -0.811. The highest BCUT2D eigenvalue weighted by Gasteiger charge is 2.32. The van der Waals surface area contributed by atoms with Gasteiger partial charge in [0.2, 0.25) is 5.82 Å². The van der Waals surface area contributed by atoms with Gasteiger partial charge in [-0.2, -0.15) is 9.38 Å². The average molecular weight is 296 g/mol. The number of carboxylic acid groups (broad SMARTS) is 1. The van der Waals surface area contributed by atoms with E-state index in [4.69, 9.17) is 5.11 Å². The van der Waals surface area contributed by atoms with Crippen molar-refractivity contribution >= 4 is 33.9 Å². The van der Waals surface area contributed by atoms with Crippen molar-refractivity contribution in [3.05, 3.63) is 21.7 Å². The van der Waals surface area contributed by atoms with Gasteiger partial charge in [0.1, 0.15) is 6.20 Å². The molecule has 0 spiro atoms. The van der Waals surface area contributed by atoms with E-state index in [1.807, 2.05) is 0 Å². The number of carbonyl (C=O) groups is 1. The fraction of sp³-hybridized carbons (Fsp3) is 0.455. The Hall–Kier alpha value is -2.16. The van der Waals surface area contributed by atoms with Crippen LogP contribution in [0.15, 0.2) is 11.6 Å². The summed E-state index contributed by atoms with van der Waals surface area (Å²) in [5.74, 6) is -1.07. The van der Waals surface area contributed by atoms with Crippen molar-refractivity contribution in [3.63, 3.8) is 0 Å². The third kappa shape index (κ3) is 2.09. The Kier molecular flexibility index (Phi) is 3.05. The summed E-state index contributed by atoms with van der Waals surface area (Å²) in [6.07, 6.45) is 3.34. The number of aromatic nitrogens is 2. The first-order valence-electron chi connectivity index (χ1n) is 6.15. The molecule has 3 rings (SSSR count). The molecule has 0 amide bonds. The maximum absolute atomic E-state index is 11.2. The second kappa shape index (κ2) is 4.75. The second-order valence-corrected chi connectivity index (χ2v) is 5.66. The molecule has 0 radical (unpaired) electrons. The van der Waals surface area contributed by atoms with Gasteiger partial charge in [-0.3, -0.25) is 4.79 Å². The molecule has 106 valence electrons. The molecule has 2 atom stereocenters. The van der Waals surface area contributed by atoms with Crippen LogP contribution in [0.2, 0.25) is 0 Å². The van der Waals surface area contributed by atoms with Gasteiger partial charge in [0, 0.05) is 11.4 Å². The van der Waals surface area contributed by atoms with Crippen molar-refractivity contribution in [1.82, 2.24) is 9.38 Å². The highest BCUT2D eigenvalue weighted by molar-refractivity contribution is 7.15. The average Bonchev–Trinajstić information content (AvgIpc) is 3.02. The predicted octanol–water partition coefficient (Wildman–Crippen LogP) is 1.97. The highest BCUT2D eigenvalue weighted by atomic mass is 32.1. The molecule has 9 heteroatoms. The summed E-state index contributed by atoms with van der Waals surface area (Å²) in [5.41, 5.74) is 0. The molecule has 2 N–H and O–H groups in total. The van der Waals surface area contributed by atoms with E-state index in [0.29, 0.717) is 24.2 Å². The van der Waals surface area contributed by atoms with Gasteiger partial charge in [0.15, 0.2) is 0 Å². The maximum Gasteiger partial charge on any atom is 0.372 e. The Bertz CT molecular complexity index is 679. The molecule has 0 bridgehead atoms. The molecule has 1 saturated carbocycles. The van der Waals surface area contributed by atoms with Crippen LogP contribution < -0.4 is 5.32 Å². The van der Waals surface area contributed by atoms with Crippen LogP contribution in [0.1, 0.15) is 19.3 Å². The van der Waals surface area contributed by atoms with E-state index in [1.54, 1.807) is 11.6 Å². The summed E-state index contributed by atoms with van der Waals surface area (Å²) < 4.78 is 1.43. The zero-order valence-corrected chi connectivity index (χ0v) is 11.2. The van der Waals surface area contributed by atoms with E-state index in [9.17, 15) is 14.9 Å². The van der Waals surface area contributed by atoms with Crippen LogP contribution in [-0.4, -0.2) is 31.4 Å². The van der Waals surface area contributed by atoms with Gasteiger partial charge in [0.25, 0.3) is 4.96 Å². The fourth-order valence-electron chi connectivity index (χ4n) is 2.58. The normalized spacial score (nSPS) is 22.2. The van der Waals surface area contributed by atoms with Crippen LogP contribution in [0.5, 0.6) is 0 Å². The third-order valence-electron chi connectivity index (χ3n) is 3.53. The Morgan fingerprint density at radius 2 is 2.40 bits per heavy atom. The topological polar surface area (TPSA) is 110 Å². The number of imidazole rings is 1. The first-order valence-corrected chi connectivity index (χ1v) is 7.03. The predicted molar refractivity (Wildman–Crippen MR) is 72.1 cm³/mol. The SMILES string of the molecule is O=C(O)C1CCC(Nc2nc3sccn3c2[N+](=O)[O-])C1. The molecule has 20 heavy (non-hydrogen) atoms. The molecule has 0 saturated heterocycles. The van der Waals surface area contributed by atoms with Gasteiger partial charge < -0.3 is 20.5 Å². The fourth-order valence-corrected chi connectivity index (χ4v) is 3.28. The van der Waals surface area contributed by atoms with Gasteiger partial charge >= 0.3 is 11.8 Å². The number of nitro groups is 1. The van der Waals surface area contributed by atoms with Gasteiger partial charge in [-0.15, -0.1) is 0 Å². The number of aliphatic carboxylic acids is 1. The number of rotatable bonds is 4. The number of thiazole rings is 1. The zero-order valence-electron chi connectivity index (χ0n) is 10.4. The Balaban J connectivity index is 1.84. The van der Waals surface area contributed by atoms with Crippen LogP contribution in [-0.2, 0) is 4.79 Å². The van der Waals surface area contributed by atoms with Gasteiger partial charge in [0.05, 0.1) is 5.92 Å². The number of hydrogen-bond donors (Lipinski definition) is 2. The minimum Gasteiger partial charge on any atom is -0.481 e. The van der Waals surface area contributed by atoms with E-state index < -0.39 is 10.9 Å². The second-order valence-electron chi connectivity index (χ2n) is 4.79. The van der Waals surface area contributed by atoms with Crippen molar-refractivity contribution in [2.75, 3.05) is 5.32 Å².